The van der Waals surface area contributed by atoms with E-state index in [1.807, 2.05) is 6.92 Å². The molecule has 16 heavy (non-hydrogen) atoms. The van der Waals surface area contributed by atoms with Crippen LogP contribution in [0.4, 0.5) is 5.69 Å². The highest BCUT2D eigenvalue weighted by Gasteiger charge is 2.07. The second kappa shape index (κ2) is 6.45. The van der Waals surface area contributed by atoms with Crippen LogP contribution >= 0.6 is 11.6 Å². The molecule has 1 amide bonds. The van der Waals surface area contributed by atoms with Gasteiger partial charge >= 0.3 is 0 Å². The number of nitrogens with one attached hydrogen (secondary N) is 1. The number of halogens is 1. The van der Waals surface area contributed by atoms with Crippen LogP contribution in [-0.2, 0) is 4.79 Å². The normalized spacial score (nSPS) is 12.2. The Labute approximate surface area is 100 Å². The lowest BCUT2D eigenvalue weighted by Gasteiger charge is -2.09. The zero-order valence-electron chi connectivity index (χ0n) is 9.24. The topological polar surface area (TPSA) is 68.0 Å². The average molecular weight is 242 g/mol. The van der Waals surface area contributed by atoms with Gasteiger partial charge in [0, 0.05) is 12.6 Å². The summed E-state index contributed by atoms with van der Waals surface area (Å²) in [6.45, 7) is 2.62. The second-order valence-electron chi connectivity index (χ2n) is 3.77. The maximum Gasteiger partial charge on any atom is 0.224 e. The van der Waals surface area contributed by atoms with Crippen molar-refractivity contribution >= 4 is 23.2 Å². The Hall–Kier alpha value is -1.13. The van der Waals surface area contributed by atoms with Crippen LogP contribution in [0.1, 0.15) is 19.8 Å². The van der Waals surface area contributed by atoms with Crippen LogP contribution in [0, 0.1) is 5.92 Å². The molecule has 0 aliphatic heterocycles. The molecule has 1 aromatic heterocycles. The number of rotatable bonds is 5. The minimum absolute atomic E-state index is 0.0600. The molecule has 0 aliphatic rings. The molecule has 0 saturated heterocycles. The van der Waals surface area contributed by atoms with Crippen molar-refractivity contribution < 1.29 is 4.79 Å². The molecule has 3 N–H and O–H groups in total. The van der Waals surface area contributed by atoms with Crippen molar-refractivity contribution in [1.29, 1.82) is 0 Å². The summed E-state index contributed by atoms with van der Waals surface area (Å²) in [4.78, 5) is 15.4. The molecule has 1 atom stereocenters. The lowest BCUT2D eigenvalue weighted by Crippen LogP contribution is -2.16. The average Bonchev–Trinajstić information content (AvgIpc) is 2.29. The summed E-state index contributed by atoms with van der Waals surface area (Å²) in [5.41, 5.74) is 6.02. The van der Waals surface area contributed by atoms with E-state index in [4.69, 9.17) is 17.3 Å². The zero-order chi connectivity index (χ0) is 12.0. The molecule has 5 heteroatoms. The number of aromatic nitrogens is 1. The van der Waals surface area contributed by atoms with Crippen molar-refractivity contribution in [2.24, 2.45) is 11.7 Å². The van der Waals surface area contributed by atoms with Crippen molar-refractivity contribution in [3.63, 3.8) is 0 Å². The largest absolute Gasteiger partial charge is 0.330 e. The van der Waals surface area contributed by atoms with E-state index < -0.39 is 0 Å². The van der Waals surface area contributed by atoms with E-state index in [9.17, 15) is 4.79 Å². The summed E-state index contributed by atoms with van der Waals surface area (Å²) in [6.07, 6.45) is 2.80. The summed E-state index contributed by atoms with van der Waals surface area (Å²) in [5.74, 6) is 0.297. The van der Waals surface area contributed by atoms with Crippen molar-refractivity contribution in [1.82, 2.24) is 4.98 Å². The molecule has 0 saturated carbocycles. The quantitative estimate of drug-likeness (QED) is 0.776. The van der Waals surface area contributed by atoms with E-state index in [-0.39, 0.29) is 5.91 Å². The summed E-state index contributed by atoms with van der Waals surface area (Å²) in [6, 6.07) is 3.45. The first kappa shape index (κ1) is 12.9. The van der Waals surface area contributed by atoms with Crippen LogP contribution in [-0.4, -0.2) is 17.4 Å². The Morgan fingerprint density at radius 1 is 1.69 bits per heavy atom. The lowest BCUT2D eigenvalue weighted by atomic mass is 10.1. The van der Waals surface area contributed by atoms with Gasteiger partial charge in [0.25, 0.3) is 0 Å². The number of anilines is 1. The van der Waals surface area contributed by atoms with Crippen LogP contribution in [0.15, 0.2) is 18.3 Å². The van der Waals surface area contributed by atoms with E-state index in [0.717, 1.165) is 6.42 Å². The molecule has 88 valence electrons. The van der Waals surface area contributed by atoms with E-state index >= 15 is 0 Å². The number of nitrogens with two attached hydrogens (primary N) is 1. The highest BCUT2D eigenvalue weighted by molar-refractivity contribution is 6.32. The van der Waals surface area contributed by atoms with Crippen LogP contribution in [0.2, 0.25) is 5.15 Å². The van der Waals surface area contributed by atoms with Gasteiger partial charge in [-0.25, -0.2) is 4.98 Å². The molecule has 0 aromatic carbocycles. The molecule has 0 radical (unpaired) electrons. The first-order valence-electron chi connectivity index (χ1n) is 5.24. The van der Waals surface area contributed by atoms with Gasteiger partial charge in [0.2, 0.25) is 5.91 Å². The molecule has 0 bridgehead atoms. The lowest BCUT2D eigenvalue weighted by molar-refractivity contribution is -0.116. The summed E-state index contributed by atoms with van der Waals surface area (Å²) >= 11 is 5.81. The van der Waals surface area contributed by atoms with Crippen LogP contribution in [0.5, 0.6) is 0 Å². The van der Waals surface area contributed by atoms with Gasteiger partial charge in [0.15, 0.2) is 5.15 Å². The molecule has 1 rings (SSSR count). The predicted octanol–water partition coefficient (Wildman–Crippen LogP) is 2.05. The number of carbonyl (C=O) groups excluding carboxylic acids is 1. The van der Waals surface area contributed by atoms with Gasteiger partial charge in [-0.1, -0.05) is 18.5 Å². The molecular formula is C11H16ClN3O. The Morgan fingerprint density at radius 2 is 2.44 bits per heavy atom. The number of hydrogen-bond donors (Lipinski definition) is 2. The number of amides is 1. The standard InChI is InChI=1S/C11H16ClN3O/c1-8(7-13)4-5-10(16)15-9-3-2-6-14-11(9)12/h2-3,6,8H,4-5,7,13H2,1H3,(H,15,16). The fourth-order valence-electron chi connectivity index (χ4n) is 1.19. The van der Waals surface area contributed by atoms with Gasteiger partial charge in [-0.2, -0.15) is 0 Å². The molecule has 1 heterocycles. The van der Waals surface area contributed by atoms with Gasteiger partial charge in [0.05, 0.1) is 5.69 Å². The number of hydrogen-bond acceptors (Lipinski definition) is 3. The maximum atomic E-state index is 11.5. The highest BCUT2D eigenvalue weighted by Crippen LogP contribution is 2.18. The van der Waals surface area contributed by atoms with E-state index in [1.54, 1.807) is 18.3 Å². The number of nitrogens with zero attached hydrogens (tertiary/aromatic N) is 1. The molecule has 0 fully saturated rings. The molecule has 1 unspecified atom stereocenters. The fraction of sp³-hybridized carbons (Fsp3) is 0.455. The maximum absolute atomic E-state index is 11.5. The minimum Gasteiger partial charge on any atom is -0.330 e. The third kappa shape index (κ3) is 4.16. The van der Waals surface area contributed by atoms with Crippen molar-refractivity contribution in [3.8, 4) is 0 Å². The van der Waals surface area contributed by atoms with Crippen molar-refractivity contribution in [2.45, 2.75) is 19.8 Å². The third-order valence-corrected chi connectivity index (χ3v) is 2.60. The smallest absolute Gasteiger partial charge is 0.224 e. The van der Waals surface area contributed by atoms with Gasteiger partial charge in [-0.05, 0) is 31.0 Å². The Bertz CT molecular complexity index is 357. The molecule has 0 spiro atoms. The fourth-order valence-corrected chi connectivity index (χ4v) is 1.35. The van der Waals surface area contributed by atoms with Gasteiger partial charge < -0.3 is 11.1 Å². The van der Waals surface area contributed by atoms with Crippen LogP contribution < -0.4 is 11.1 Å². The van der Waals surface area contributed by atoms with Crippen molar-refractivity contribution in [3.05, 3.63) is 23.5 Å². The monoisotopic (exact) mass is 241 g/mol. The van der Waals surface area contributed by atoms with E-state index in [2.05, 4.69) is 10.3 Å². The minimum atomic E-state index is -0.0600. The summed E-state index contributed by atoms with van der Waals surface area (Å²) in [7, 11) is 0. The van der Waals surface area contributed by atoms with Gasteiger partial charge in [-0.3, -0.25) is 4.79 Å². The SMILES string of the molecule is CC(CN)CCC(=O)Nc1cccnc1Cl. The number of pyridine rings is 1. The second-order valence-corrected chi connectivity index (χ2v) is 4.13. The summed E-state index contributed by atoms with van der Waals surface area (Å²) in [5, 5.41) is 3.02. The Morgan fingerprint density at radius 3 is 3.06 bits per heavy atom. The molecular weight excluding hydrogens is 226 g/mol. The van der Waals surface area contributed by atoms with Crippen molar-refractivity contribution in [2.75, 3.05) is 11.9 Å². The Balaban J connectivity index is 2.43. The summed E-state index contributed by atoms with van der Waals surface area (Å²) < 4.78 is 0. The van der Waals surface area contributed by atoms with Crippen LogP contribution in [0.3, 0.4) is 0 Å². The molecule has 4 nitrogen and oxygen atoms in total. The highest BCUT2D eigenvalue weighted by atomic mass is 35.5. The van der Waals surface area contributed by atoms with E-state index in [0.29, 0.717) is 29.7 Å². The predicted molar refractivity (Wildman–Crippen MR) is 65.3 cm³/mol. The molecule has 1 aromatic rings. The van der Waals surface area contributed by atoms with Gasteiger partial charge in [0.1, 0.15) is 0 Å². The number of carbonyl (C=O) groups is 1. The first-order valence-corrected chi connectivity index (χ1v) is 5.61. The zero-order valence-corrected chi connectivity index (χ0v) is 10.00. The van der Waals surface area contributed by atoms with E-state index in [1.165, 1.54) is 0 Å². The first-order chi connectivity index (χ1) is 7.63. The molecule has 0 aliphatic carbocycles. The van der Waals surface area contributed by atoms with Crippen LogP contribution in [0.25, 0.3) is 0 Å². The third-order valence-electron chi connectivity index (χ3n) is 2.30. The Kier molecular flexibility index (Phi) is 5.22. The van der Waals surface area contributed by atoms with Gasteiger partial charge in [-0.15, -0.1) is 0 Å².